The average Bonchev–Trinajstić information content (AvgIpc) is 2.77. The van der Waals surface area contributed by atoms with Crippen molar-refractivity contribution < 1.29 is 39.8 Å². The lowest BCUT2D eigenvalue weighted by molar-refractivity contribution is -0.230. The van der Waals surface area contributed by atoms with Crippen LogP contribution in [0.1, 0.15) is 88.5 Å². The highest BCUT2D eigenvalue weighted by Gasteiger charge is 2.51. The van der Waals surface area contributed by atoms with Crippen molar-refractivity contribution in [3.63, 3.8) is 0 Å². The number of carboxylic acid groups (broad SMARTS) is 1. The summed E-state index contributed by atoms with van der Waals surface area (Å²) in [6.07, 6.45) is -0.900. The standard InChI is InChI=1S/C27H38O8/c1-5-6-7-8-14-12-17-19(15-11-13(2)9-10-16(15)27(3,4)35-17)20(28)18(14)24-22(30)21(29)23(31)25(34-24)26(32)33/h11-12,15-16,21-25,28-31H,5-10H2,1-4H3,(H,32,33). The van der Waals surface area contributed by atoms with E-state index in [1.807, 2.05) is 6.07 Å². The summed E-state index contributed by atoms with van der Waals surface area (Å²) in [5, 5.41) is 52.8. The maximum absolute atomic E-state index is 11.7. The highest BCUT2D eigenvalue weighted by atomic mass is 16.6. The molecule has 2 heterocycles. The zero-order valence-electron chi connectivity index (χ0n) is 20.9. The molecule has 8 nitrogen and oxygen atoms in total. The molecule has 7 unspecified atom stereocenters. The summed E-state index contributed by atoms with van der Waals surface area (Å²) < 4.78 is 12.1. The van der Waals surface area contributed by atoms with Crippen LogP contribution in [0.15, 0.2) is 17.7 Å². The van der Waals surface area contributed by atoms with E-state index >= 15 is 0 Å². The van der Waals surface area contributed by atoms with E-state index in [-0.39, 0.29) is 23.1 Å². The Kier molecular flexibility index (Phi) is 7.21. The zero-order chi connectivity index (χ0) is 25.7. The maximum atomic E-state index is 11.7. The van der Waals surface area contributed by atoms with Gasteiger partial charge in [0.25, 0.3) is 0 Å². The molecule has 0 aromatic heterocycles. The molecular weight excluding hydrogens is 452 g/mol. The molecule has 1 aliphatic carbocycles. The van der Waals surface area contributed by atoms with Crippen LogP contribution in [0.3, 0.4) is 0 Å². The van der Waals surface area contributed by atoms with E-state index in [1.54, 1.807) is 0 Å². The topological polar surface area (TPSA) is 137 Å². The van der Waals surface area contributed by atoms with Crippen LogP contribution in [0.2, 0.25) is 0 Å². The minimum Gasteiger partial charge on any atom is -0.507 e. The molecule has 2 aliphatic heterocycles. The van der Waals surface area contributed by atoms with E-state index < -0.39 is 42.1 Å². The van der Waals surface area contributed by atoms with Gasteiger partial charge in [0.15, 0.2) is 6.10 Å². The molecule has 7 atom stereocenters. The van der Waals surface area contributed by atoms with Crippen molar-refractivity contribution in [1.82, 2.24) is 0 Å². The second-order valence-corrected chi connectivity index (χ2v) is 10.8. The molecule has 0 bridgehead atoms. The summed E-state index contributed by atoms with van der Waals surface area (Å²) in [6, 6.07) is 1.87. The van der Waals surface area contributed by atoms with Gasteiger partial charge in [-0.1, -0.05) is 31.4 Å². The molecule has 0 spiro atoms. The number of fused-ring (bicyclic) bond motifs is 3. The van der Waals surface area contributed by atoms with Crippen LogP contribution < -0.4 is 4.74 Å². The Morgan fingerprint density at radius 3 is 2.49 bits per heavy atom. The highest BCUT2D eigenvalue weighted by molar-refractivity contribution is 5.73. The number of unbranched alkanes of at least 4 members (excludes halogenated alkanes) is 2. The van der Waals surface area contributed by atoms with Crippen LogP contribution in [0.5, 0.6) is 11.5 Å². The SMILES string of the molecule is CCCCCc1cc2c(c(O)c1C1OC(C(=O)O)C(O)C(O)C1O)C1C=C(C)CCC1C(C)(C)O2. The second kappa shape index (κ2) is 9.73. The first-order chi connectivity index (χ1) is 16.5. The molecule has 1 aromatic carbocycles. The molecular formula is C27H38O8. The first kappa shape index (κ1) is 25.9. The van der Waals surface area contributed by atoms with Gasteiger partial charge in [0.2, 0.25) is 0 Å². The Morgan fingerprint density at radius 1 is 1.11 bits per heavy atom. The minimum absolute atomic E-state index is 0.0952. The summed E-state index contributed by atoms with van der Waals surface area (Å²) in [6.45, 7) is 8.27. The third-order valence-electron chi connectivity index (χ3n) is 7.96. The number of aromatic hydroxyl groups is 1. The van der Waals surface area contributed by atoms with Gasteiger partial charge >= 0.3 is 5.97 Å². The van der Waals surface area contributed by atoms with Crippen LogP contribution >= 0.6 is 0 Å². The normalized spacial score (nSPS) is 33.8. The quantitative estimate of drug-likeness (QED) is 0.303. The summed E-state index contributed by atoms with van der Waals surface area (Å²) in [4.78, 5) is 11.7. The van der Waals surface area contributed by atoms with Crippen LogP contribution in [-0.4, -0.2) is 61.5 Å². The van der Waals surface area contributed by atoms with Crippen LogP contribution in [0, 0.1) is 5.92 Å². The van der Waals surface area contributed by atoms with Gasteiger partial charge in [0.05, 0.1) is 0 Å². The molecule has 8 heteroatoms. The van der Waals surface area contributed by atoms with Gasteiger partial charge in [-0.15, -0.1) is 0 Å². The van der Waals surface area contributed by atoms with Gasteiger partial charge in [-0.3, -0.25) is 0 Å². The Hall–Kier alpha value is -2.13. The largest absolute Gasteiger partial charge is 0.507 e. The van der Waals surface area contributed by atoms with Gasteiger partial charge in [0.1, 0.15) is 41.5 Å². The van der Waals surface area contributed by atoms with Crippen LogP contribution in [0.25, 0.3) is 0 Å². The Morgan fingerprint density at radius 2 is 1.83 bits per heavy atom. The van der Waals surface area contributed by atoms with Crippen molar-refractivity contribution in [2.45, 2.75) is 108 Å². The number of rotatable bonds is 6. The molecule has 194 valence electrons. The van der Waals surface area contributed by atoms with Crippen molar-refractivity contribution in [2.75, 3.05) is 0 Å². The molecule has 1 aromatic rings. The fourth-order valence-electron chi connectivity index (χ4n) is 6.04. The predicted octanol–water partition coefficient (Wildman–Crippen LogP) is 3.34. The number of phenols is 1. The lowest BCUT2D eigenvalue weighted by Gasteiger charge is -2.47. The average molecular weight is 491 g/mol. The van der Waals surface area contributed by atoms with Crippen molar-refractivity contribution >= 4 is 5.97 Å². The summed E-state index contributed by atoms with van der Waals surface area (Å²) in [5.74, 6) is -0.954. The van der Waals surface area contributed by atoms with E-state index in [0.717, 1.165) is 32.1 Å². The first-order valence-electron chi connectivity index (χ1n) is 12.6. The number of allylic oxidation sites excluding steroid dienone is 2. The number of benzene rings is 1. The third kappa shape index (κ3) is 4.57. The van der Waals surface area contributed by atoms with Crippen molar-refractivity contribution in [3.8, 4) is 11.5 Å². The summed E-state index contributed by atoms with van der Waals surface area (Å²) in [5.41, 5.74) is 2.33. The molecule has 4 rings (SSSR count). The molecule has 3 aliphatic rings. The molecule has 0 amide bonds. The second-order valence-electron chi connectivity index (χ2n) is 10.8. The molecule has 0 saturated carbocycles. The predicted molar refractivity (Wildman–Crippen MR) is 129 cm³/mol. The molecule has 1 saturated heterocycles. The van der Waals surface area contributed by atoms with E-state index in [0.29, 0.717) is 23.3 Å². The highest BCUT2D eigenvalue weighted by Crippen LogP contribution is 2.56. The van der Waals surface area contributed by atoms with Gasteiger partial charge in [-0.05, 0) is 58.1 Å². The smallest absolute Gasteiger partial charge is 0.335 e. The molecule has 5 N–H and O–H groups in total. The number of aliphatic hydroxyl groups excluding tert-OH is 3. The number of carbonyl (C=O) groups is 1. The lowest BCUT2D eigenvalue weighted by atomic mass is 9.67. The number of aliphatic carboxylic acids is 1. The number of hydrogen-bond acceptors (Lipinski definition) is 7. The lowest BCUT2D eigenvalue weighted by Crippen LogP contribution is -2.56. The van der Waals surface area contributed by atoms with Gasteiger partial charge in [-0.25, -0.2) is 4.79 Å². The molecule has 35 heavy (non-hydrogen) atoms. The Bertz CT molecular complexity index is 999. The van der Waals surface area contributed by atoms with Crippen LogP contribution in [-0.2, 0) is 16.0 Å². The van der Waals surface area contributed by atoms with Crippen molar-refractivity contribution in [1.29, 1.82) is 0 Å². The Labute approximate surface area is 206 Å². The first-order valence-corrected chi connectivity index (χ1v) is 12.6. The number of hydrogen-bond donors (Lipinski definition) is 5. The fourth-order valence-corrected chi connectivity index (χ4v) is 6.04. The van der Waals surface area contributed by atoms with Crippen molar-refractivity contribution in [3.05, 3.63) is 34.4 Å². The number of aryl methyl sites for hydroxylation is 1. The van der Waals surface area contributed by atoms with Gasteiger partial charge < -0.3 is 35.0 Å². The fraction of sp³-hybridized carbons (Fsp3) is 0.667. The van der Waals surface area contributed by atoms with E-state index in [9.17, 15) is 30.3 Å². The number of ether oxygens (including phenoxy) is 2. The maximum Gasteiger partial charge on any atom is 0.335 e. The Balaban J connectivity index is 1.89. The summed E-state index contributed by atoms with van der Waals surface area (Å²) >= 11 is 0. The number of phenolic OH excluding ortho intramolecular Hbond substituents is 1. The monoisotopic (exact) mass is 490 g/mol. The minimum atomic E-state index is -1.79. The van der Waals surface area contributed by atoms with Crippen LogP contribution in [0.4, 0.5) is 0 Å². The molecule has 0 radical (unpaired) electrons. The number of aliphatic hydroxyl groups is 3. The summed E-state index contributed by atoms with van der Waals surface area (Å²) in [7, 11) is 0. The third-order valence-corrected chi connectivity index (χ3v) is 7.96. The van der Waals surface area contributed by atoms with E-state index in [2.05, 4.69) is 33.8 Å². The van der Waals surface area contributed by atoms with Gasteiger partial charge in [-0.2, -0.15) is 0 Å². The van der Waals surface area contributed by atoms with Crippen molar-refractivity contribution in [2.24, 2.45) is 5.92 Å². The zero-order valence-corrected chi connectivity index (χ0v) is 20.9. The number of carboxylic acids is 1. The van der Waals surface area contributed by atoms with Gasteiger partial charge in [0, 0.05) is 23.0 Å². The van der Waals surface area contributed by atoms with E-state index in [4.69, 9.17) is 9.47 Å². The molecule has 1 fully saturated rings. The van der Waals surface area contributed by atoms with E-state index in [1.165, 1.54) is 5.57 Å².